The van der Waals surface area contributed by atoms with E-state index in [-0.39, 0.29) is 0 Å². The molecule has 1 amide bonds. The number of hydrogen-bond donors (Lipinski definition) is 1. The van der Waals surface area contributed by atoms with Crippen LogP contribution in [0.25, 0.3) is 6.08 Å². The van der Waals surface area contributed by atoms with Gasteiger partial charge in [0, 0.05) is 18.3 Å². The van der Waals surface area contributed by atoms with Crippen LogP contribution in [0.3, 0.4) is 0 Å². The largest absolute Gasteiger partial charge is 0.481 e. The van der Waals surface area contributed by atoms with Crippen LogP contribution in [0.5, 0.6) is 5.88 Å². The molecule has 0 unspecified atom stereocenters. The van der Waals surface area contributed by atoms with Crippen LogP contribution in [0.2, 0.25) is 0 Å². The second-order valence-corrected chi connectivity index (χ2v) is 2.37. The molecule has 0 saturated carbocycles. The lowest BCUT2D eigenvalue weighted by molar-refractivity contribution is -0.113. The number of aromatic nitrogens is 1. The molecule has 0 saturated heterocycles. The number of carbonyl (C=O) groups is 1. The van der Waals surface area contributed by atoms with E-state index in [2.05, 4.69) is 4.98 Å². The molecule has 0 aliphatic rings. The number of nitrogens with zero attached hydrogens (tertiary/aromatic N) is 1. The number of methoxy groups -OCH3 is 1. The van der Waals surface area contributed by atoms with Crippen molar-refractivity contribution in [3.8, 4) is 5.88 Å². The van der Waals surface area contributed by atoms with Gasteiger partial charge in [-0.05, 0) is 17.7 Å². The van der Waals surface area contributed by atoms with Crippen molar-refractivity contribution in [2.75, 3.05) is 7.11 Å². The SMILES string of the molecule is COc1cc(C=CC(N)=O)ccn1. The second-order valence-electron chi connectivity index (χ2n) is 2.37. The summed E-state index contributed by atoms with van der Waals surface area (Å²) in [6.07, 6.45) is 4.49. The number of ether oxygens (including phenoxy) is 1. The molecule has 0 aliphatic heterocycles. The summed E-state index contributed by atoms with van der Waals surface area (Å²) in [7, 11) is 1.53. The minimum Gasteiger partial charge on any atom is -0.481 e. The molecule has 0 aromatic carbocycles. The molecule has 2 N–H and O–H groups in total. The van der Waals surface area contributed by atoms with E-state index in [1.54, 1.807) is 24.4 Å². The Labute approximate surface area is 76.0 Å². The highest BCUT2D eigenvalue weighted by Gasteiger charge is 1.92. The Morgan fingerprint density at radius 3 is 3.08 bits per heavy atom. The molecule has 1 aromatic rings. The quantitative estimate of drug-likeness (QED) is 0.689. The van der Waals surface area contributed by atoms with Gasteiger partial charge < -0.3 is 10.5 Å². The number of amides is 1. The van der Waals surface area contributed by atoms with Gasteiger partial charge in [0.15, 0.2) is 0 Å². The van der Waals surface area contributed by atoms with Gasteiger partial charge in [-0.15, -0.1) is 0 Å². The first-order chi connectivity index (χ1) is 6.22. The lowest BCUT2D eigenvalue weighted by Crippen LogP contribution is -2.05. The van der Waals surface area contributed by atoms with E-state index < -0.39 is 5.91 Å². The Morgan fingerprint density at radius 2 is 2.46 bits per heavy atom. The number of carbonyl (C=O) groups excluding carboxylic acids is 1. The summed E-state index contributed by atoms with van der Waals surface area (Å²) in [5, 5.41) is 0. The second kappa shape index (κ2) is 4.25. The number of rotatable bonds is 3. The summed E-state index contributed by atoms with van der Waals surface area (Å²) in [4.78, 5) is 14.3. The number of pyridine rings is 1. The highest BCUT2D eigenvalue weighted by molar-refractivity contribution is 5.90. The van der Waals surface area contributed by atoms with Gasteiger partial charge in [0.25, 0.3) is 0 Å². The van der Waals surface area contributed by atoms with Gasteiger partial charge in [0.1, 0.15) is 0 Å². The van der Waals surface area contributed by atoms with Crippen molar-refractivity contribution in [2.45, 2.75) is 0 Å². The van der Waals surface area contributed by atoms with E-state index in [9.17, 15) is 4.79 Å². The van der Waals surface area contributed by atoms with E-state index in [4.69, 9.17) is 10.5 Å². The van der Waals surface area contributed by atoms with Crippen molar-refractivity contribution < 1.29 is 9.53 Å². The van der Waals surface area contributed by atoms with Gasteiger partial charge >= 0.3 is 0 Å². The van der Waals surface area contributed by atoms with Crippen molar-refractivity contribution in [3.63, 3.8) is 0 Å². The maximum atomic E-state index is 10.4. The van der Waals surface area contributed by atoms with Crippen LogP contribution in [0.4, 0.5) is 0 Å². The molecule has 1 aromatic heterocycles. The average molecular weight is 178 g/mol. The fraction of sp³-hybridized carbons (Fsp3) is 0.111. The molecule has 1 rings (SSSR count). The molecule has 4 heteroatoms. The van der Waals surface area contributed by atoms with E-state index in [0.717, 1.165) is 5.56 Å². The number of nitrogens with two attached hydrogens (primary N) is 1. The maximum absolute atomic E-state index is 10.4. The summed E-state index contributed by atoms with van der Waals surface area (Å²) in [6.45, 7) is 0. The Kier molecular flexibility index (Phi) is 3.03. The van der Waals surface area contributed by atoms with Gasteiger partial charge in [0.05, 0.1) is 7.11 Å². The molecular formula is C9H10N2O2. The zero-order valence-electron chi connectivity index (χ0n) is 7.23. The predicted molar refractivity (Wildman–Crippen MR) is 49.0 cm³/mol. The molecule has 0 aliphatic carbocycles. The highest BCUT2D eigenvalue weighted by Crippen LogP contribution is 2.09. The summed E-state index contributed by atoms with van der Waals surface area (Å²) in [5.41, 5.74) is 5.76. The average Bonchev–Trinajstić information content (AvgIpc) is 2.15. The standard InChI is InChI=1S/C9H10N2O2/c1-13-9-6-7(4-5-11-9)2-3-8(10)12/h2-6H,1H3,(H2,10,12). The molecule has 1 heterocycles. The number of primary amides is 1. The molecule has 0 bridgehead atoms. The van der Waals surface area contributed by atoms with E-state index in [1.165, 1.54) is 13.2 Å². The molecule has 0 atom stereocenters. The van der Waals surface area contributed by atoms with Crippen LogP contribution < -0.4 is 10.5 Å². The molecule has 4 nitrogen and oxygen atoms in total. The first-order valence-electron chi connectivity index (χ1n) is 3.70. The van der Waals surface area contributed by atoms with Crippen molar-refractivity contribution >= 4 is 12.0 Å². The predicted octanol–water partition coefficient (Wildman–Crippen LogP) is 0.589. The summed E-state index contributed by atoms with van der Waals surface area (Å²) < 4.78 is 4.90. The fourth-order valence-electron chi connectivity index (χ4n) is 0.818. The van der Waals surface area contributed by atoms with Crippen LogP contribution >= 0.6 is 0 Å². The summed E-state index contributed by atoms with van der Waals surface area (Å²) >= 11 is 0. The Bertz CT molecular complexity index is 334. The Balaban J connectivity index is 2.83. The minimum atomic E-state index is -0.476. The lowest BCUT2D eigenvalue weighted by atomic mass is 10.2. The topological polar surface area (TPSA) is 65.2 Å². The van der Waals surface area contributed by atoms with Crippen LogP contribution in [0, 0.1) is 0 Å². The lowest BCUT2D eigenvalue weighted by Gasteiger charge is -1.97. The molecule has 0 fully saturated rings. The number of hydrogen-bond acceptors (Lipinski definition) is 3. The van der Waals surface area contributed by atoms with Gasteiger partial charge in [-0.25, -0.2) is 4.98 Å². The van der Waals surface area contributed by atoms with Crippen molar-refractivity contribution in [1.29, 1.82) is 0 Å². The Hall–Kier alpha value is -1.84. The summed E-state index contributed by atoms with van der Waals surface area (Å²) in [6, 6.07) is 3.46. The highest BCUT2D eigenvalue weighted by atomic mass is 16.5. The zero-order chi connectivity index (χ0) is 9.68. The minimum absolute atomic E-state index is 0.476. The van der Waals surface area contributed by atoms with Crippen molar-refractivity contribution in [3.05, 3.63) is 30.0 Å². The Morgan fingerprint density at radius 1 is 1.69 bits per heavy atom. The molecule has 0 radical (unpaired) electrons. The molecule has 68 valence electrons. The third-order valence-electron chi connectivity index (χ3n) is 1.41. The first-order valence-corrected chi connectivity index (χ1v) is 3.70. The van der Waals surface area contributed by atoms with Gasteiger partial charge in [-0.1, -0.05) is 0 Å². The monoisotopic (exact) mass is 178 g/mol. The van der Waals surface area contributed by atoms with Crippen molar-refractivity contribution in [2.24, 2.45) is 5.73 Å². The first kappa shape index (κ1) is 9.25. The molecular weight excluding hydrogens is 168 g/mol. The zero-order valence-corrected chi connectivity index (χ0v) is 7.23. The summed E-state index contributed by atoms with van der Waals surface area (Å²) in [5.74, 6) is 0.0300. The van der Waals surface area contributed by atoms with Crippen LogP contribution in [-0.2, 0) is 4.79 Å². The molecule has 13 heavy (non-hydrogen) atoms. The van der Waals surface area contributed by atoms with Crippen molar-refractivity contribution in [1.82, 2.24) is 4.98 Å². The van der Waals surface area contributed by atoms with E-state index >= 15 is 0 Å². The van der Waals surface area contributed by atoms with Crippen LogP contribution in [-0.4, -0.2) is 18.0 Å². The molecule has 0 spiro atoms. The van der Waals surface area contributed by atoms with Gasteiger partial charge in [-0.2, -0.15) is 0 Å². The van der Waals surface area contributed by atoms with Crippen LogP contribution in [0.1, 0.15) is 5.56 Å². The maximum Gasteiger partial charge on any atom is 0.241 e. The third kappa shape index (κ3) is 2.94. The smallest absolute Gasteiger partial charge is 0.241 e. The van der Waals surface area contributed by atoms with Gasteiger partial charge in [0.2, 0.25) is 11.8 Å². The van der Waals surface area contributed by atoms with Gasteiger partial charge in [-0.3, -0.25) is 4.79 Å². The fourth-order valence-corrected chi connectivity index (χ4v) is 0.818. The third-order valence-corrected chi connectivity index (χ3v) is 1.41. The van der Waals surface area contributed by atoms with Crippen LogP contribution in [0.15, 0.2) is 24.4 Å². The normalized spacial score (nSPS) is 10.2. The van der Waals surface area contributed by atoms with E-state index in [1.807, 2.05) is 0 Å². The van der Waals surface area contributed by atoms with E-state index in [0.29, 0.717) is 5.88 Å².